The summed E-state index contributed by atoms with van der Waals surface area (Å²) in [5, 5.41) is 1.74. The minimum atomic E-state index is -4.41. The Balaban J connectivity index is 4.02. The number of amides is 2. The standard InChI is InChI=1S/C7H11Cl2F3N2O/c8-1-3-14(4-2-9)6(15)13-5-7(10,11)12/h1-5H2,(H,13,15). The van der Waals surface area contributed by atoms with Crippen LogP contribution in [0.1, 0.15) is 0 Å². The maximum atomic E-state index is 11.8. The fourth-order valence-corrected chi connectivity index (χ4v) is 1.21. The van der Waals surface area contributed by atoms with Crippen LogP contribution in [0.4, 0.5) is 18.0 Å². The first-order valence-corrected chi connectivity index (χ1v) is 5.19. The predicted molar refractivity (Wildman–Crippen MR) is 52.5 cm³/mol. The molecular weight excluding hydrogens is 256 g/mol. The molecule has 8 heteroatoms. The van der Waals surface area contributed by atoms with Gasteiger partial charge in [0.25, 0.3) is 0 Å². The molecule has 0 saturated carbocycles. The first-order chi connectivity index (χ1) is 6.90. The summed E-state index contributed by atoms with van der Waals surface area (Å²) in [4.78, 5) is 12.3. The number of carbonyl (C=O) groups excluding carboxylic acids is 1. The van der Waals surface area contributed by atoms with Crippen LogP contribution in [0.3, 0.4) is 0 Å². The Labute approximate surface area is 95.5 Å². The van der Waals surface area contributed by atoms with Gasteiger partial charge < -0.3 is 10.2 Å². The summed E-state index contributed by atoms with van der Waals surface area (Å²) >= 11 is 10.8. The molecule has 0 fully saturated rings. The third-order valence-corrected chi connectivity index (χ3v) is 1.77. The van der Waals surface area contributed by atoms with Crippen LogP contribution in [0.5, 0.6) is 0 Å². The van der Waals surface area contributed by atoms with Crippen LogP contribution in [0.15, 0.2) is 0 Å². The van der Waals surface area contributed by atoms with Crippen LogP contribution in [0.2, 0.25) is 0 Å². The molecule has 0 aromatic carbocycles. The largest absolute Gasteiger partial charge is 0.405 e. The van der Waals surface area contributed by atoms with Crippen LogP contribution in [0, 0.1) is 0 Å². The van der Waals surface area contributed by atoms with Gasteiger partial charge in [-0.05, 0) is 0 Å². The number of alkyl halides is 5. The summed E-state index contributed by atoms with van der Waals surface area (Å²) in [5.74, 6) is 0.298. The maximum Gasteiger partial charge on any atom is 0.405 e. The third-order valence-electron chi connectivity index (χ3n) is 1.44. The van der Waals surface area contributed by atoms with Crippen LogP contribution in [-0.2, 0) is 0 Å². The van der Waals surface area contributed by atoms with Crippen molar-refractivity contribution < 1.29 is 18.0 Å². The second-order valence-electron chi connectivity index (χ2n) is 2.64. The van der Waals surface area contributed by atoms with E-state index in [0.717, 1.165) is 4.90 Å². The molecule has 3 nitrogen and oxygen atoms in total. The SMILES string of the molecule is O=C(NCC(F)(F)F)N(CCCl)CCCl. The molecule has 0 heterocycles. The molecule has 0 saturated heterocycles. The minimum Gasteiger partial charge on any atom is -0.329 e. The highest BCUT2D eigenvalue weighted by Crippen LogP contribution is 2.12. The lowest BCUT2D eigenvalue weighted by atomic mass is 10.5. The highest BCUT2D eigenvalue weighted by molar-refractivity contribution is 6.18. The normalized spacial score (nSPS) is 11.3. The van der Waals surface area contributed by atoms with Gasteiger partial charge in [-0.15, -0.1) is 23.2 Å². The second kappa shape index (κ2) is 7.00. The molecule has 0 aromatic heterocycles. The molecular formula is C7H11Cl2F3N2O. The summed E-state index contributed by atoms with van der Waals surface area (Å²) in [7, 11) is 0. The summed E-state index contributed by atoms with van der Waals surface area (Å²) < 4.78 is 35.3. The van der Waals surface area contributed by atoms with Gasteiger partial charge in [-0.25, -0.2) is 4.79 Å². The Bertz CT molecular complexity index is 195. The van der Waals surface area contributed by atoms with Crippen molar-refractivity contribution >= 4 is 29.2 Å². The number of carbonyl (C=O) groups is 1. The monoisotopic (exact) mass is 266 g/mol. The van der Waals surface area contributed by atoms with Crippen LogP contribution in [0.25, 0.3) is 0 Å². The Kier molecular flexibility index (Phi) is 6.84. The van der Waals surface area contributed by atoms with Crippen molar-refractivity contribution in [1.29, 1.82) is 0 Å². The summed E-state index contributed by atoms with van der Waals surface area (Å²) in [5.41, 5.74) is 0. The van der Waals surface area contributed by atoms with E-state index in [1.807, 2.05) is 0 Å². The highest BCUT2D eigenvalue weighted by atomic mass is 35.5. The fourth-order valence-electron chi connectivity index (χ4n) is 0.807. The number of nitrogens with one attached hydrogen (secondary N) is 1. The molecule has 2 amide bonds. The second-order valence-corrected chi connectivity index (χ2v) is 3.39. The highest BCUT2D eigenvalue weighted by Gasteiger charge is 2.28. The predicted octanol–water partition coefficient (Wildman–Crippen LogP) is 2.04. The lowest BCUT2D eigenvalue weighted by Gasteiger charge is -2.21. The molecule has 0 aliphatic heterocycles. The Hall–Kier alpha value is -0.360. The number of rotatable bonds is 5. The van der Waals surface area contributed by atoms with Gasteiger partial charge in [0.05, 0.1) is 0 Å². The van der Waals surface area contributed by atoms with Crippen molar-refractivity contribution in [3.63, 3.8) is 0 Å². The van der Waals surface area contributed by atoms with Crippen molar-refractivity contribution in [1.82, 2.24) is 10.2 Å². The number of urea groups is 1. The smallest absolute Gasteiger partial charge is 0.329 e. The molecule has 0 bridgehead atoms. The number of hydrogen-bond donors (Lipinski definition) is 1. The van der Waals surface area contributed by atoms with Gasteiger partial charge in [0, 0.05) is 24.8 Å². The molecule has 0 aliphatic carbocycles. The molecule has 0 atom stereocenters. The van der Waals surface area contributed by atoms with Gasteiger partial charge in [0.15, 0.2) is 0 Å². The van der Waals surface area contributed by atoms with E-state index >= 15 is 0 Å². The van der Waals surface area contributed by atoms with Gasteiger partial charge in [-0.3, -0.25) is 0 Å². The number of halogens is 5. The first-order valence-electron chi connectivity index (χ1n) is 4.12. The Morgan fingerprint density at radius 2 is 1.67 bits per heavy atom. The van der Waals surface area contributed by atoms with Gasteiger partial charge in [0.1, 0.15) is 6.54 Å². The maximum absolute atomic E-state index is 11.8. The molecule has 0 rings (SSSR count). The summed E-state index contributed by atoms with van der Waals surface area (Å²) in [6.07, 6.45) is -4.41. The van der Waals surface area contributed by atoms with Gasteiger partial charge in [-0.2, -0.15) is 13.2 Å². The molecule has 0 aliphatic rings. The summed E-state index contributed by atoms with van der Waals surface area (Å²) in [6, 6.07) is -0.811. The number of nitrogens with zero attached hydrogens (tertiary/aromatic N) is 1. The first kappa shape index (κ1) is 14.6. The van der Waals surface area contributed by atoms with E-state index in [2.05, 4.69) is 0 Å². The van der Waals surface area contributed by atoms with Crippen LogP contribution >= 0.6 is 23.2 Å². The van der Waals surface area contributed by atoms with Crippen molar-refractivity contribution in [3.8, 4) is 0 Å². The van der Waals surface area contributed by atoms with Crippen molar-refractivity contribution in [2.24, 2.45) is 0 Å². The average molecular weight is 267 g/mol. The lowest BCUT2D eigenvalue weighted by molar-refractivity contribution is -0.123. The van der Waals surface area contributed by atoms with E-state index in [-0.39, 0.29) is 24.8 Å². The zero-order valence-electron chi connectivity index (χ0n) is 7.78. The molecule has 0 spiro atoms. The molecule has 15 heavy (non-hydrogen) atoms. The topological polar surface area (TPSA) is 32.3 Å². The van der Waals surface area contributed by atoms with Crippen molar-refractivity contribution in [3.05, 3.63) is 0 Å². The number of hydrogen-bond acceptors (Lipinski definition) is 1. The Morgan fingerprint density at radius 3 is 2.00 bits per heavy atom. The molecule has 1 N–H and O–H groups in total. The molecule has 0 unspecified atom stereocenters. The van der Waals surface area contributed by atoms with E-state index in [1.54, 1.807) is 5.32 Å². The van der Waals surface area contributed by atoms with Crippen LogP contribution in [-0.4, -0.2) is 48.5 Å². The molecule has 0 aromatic rings. The fraction of sp³-hybridized carbons (Fsp3) is 0.857. The quantitative estimate of drug-likeness (QED) is 0.759. The molecule has 0 radical (unpaired) electrons. The van der Waals surface area contributed by atoms with E-state index in [0.29, 0.717) is 0 Å². The third kappa shape index (κ3) is 7.56. The van der Waals surface area contributed by atoms with E-state index in [1.165, 1.54) is 0 Å². The van der Waals surface area contributed by atoms with E-state index in [4.69, 9.17) is 23.2 Å². The lowest BCUT2D eigenvalue weighted by Crippen LogP contribution is -2.45. The zero-order chi connectivity index (χ0) is 11.9. The minimum absolute atomic E-state index is 0.149. The van der Waals surface area contributed by atoms with E-state index in [9.17, 15) is 18.0 Å². The van der Waals surface area contributed by atoms with E-state index < -0.39 is 18.8 Å². The average Bonchev–Trinajstić information content (AvgIpc) is 2.13. The van der Waals surface area contributed by atoms with Crippen LogP contribution < -0.4 is 5.32 Å². The Morgan fingerprint density at radius 1 is 1.20 bits per heavy atom. The zero-order valence-corrected chi connectivity index (χ0v) is 9.29. The summed E-state index contributed by atoms with van der Waals surface area (Å²) in [6.45, 7) is -1.02. The van der Waals surface area contributed by atoms with Gasteiger partial charge in [-0.1, -0.05) is 0 Å². The van der Waals surface area contributed by atoms with Gasteiger partial charge in [0.2, 0.25) is 0 Å². The van der Waals surface area contributed by atoms with Crippen molar-refractivity contribution in [2.45, 2.75) is 6.18 Å². The molecule has 90 valence electrons. The van der Waals surface area contributed by atoms with Gasteiger partial charge >= 0.3 is 12.2 Å². The van der Waals surface area contributed by atoms with Crippen molar-refractivity contribution in [2.75, 3.05) is 31.4 Å².